The van der Waals surface area contributed by atoms with Crippen molar-refractivity contribution in [2.45, 2.75) is 6.04 Å². The molecule has 0 unspecified atom stereocenters. The minimum absolute atomic E-state index is 0.325. The summed E-state index contributed by atoms with van der Waals surface area (Å²) in [5.41, 5.74) is 0. The summed E-state index contributed by atoms with van der Waals surface area (Å²) in [6.07, 6.45) is 1.50. The molecule has 0 aromatic carbocycles. The molecular formula is C7H8BrN3O4S. The van der Waals surface area contributed by atoms with Gasteiger partial charge in [-0.05, 0) is 15.9 Å². The number of urea groups is 1. The maximum atomic E-state index is 11.3. The van der Waals surface area contributed by atoms with Gasteiger partial charge in [-0.25, -0.2) is 14.6 Å². The molecular weight excluding hydrogens is 302 g/mol. The molecule has 0 aliphatic heterocycles. The number of carboxylic acids is 1. The third-order valence-electron chi connectivity index (χ3n) is 1.48. The monoisotopic (exact) mass is 309 g/mol. The second-order valence-corrected chi connectivity index (χ2v) is 5.05. The zero-order valence-electron chi connectivity index (χ0n) is 7.81. The summed E-state index contributed by atoms with van der Waals surface area (Å²) in [6, 6.07) is -2.06. The van der Waals surface area contributed by atoms with Crippen molar-refractivity contribution in [2.75, 3.05) is 11.9 Å². The summed E-state index contributed by atoms with van der Waals surface area (Å²) < 4.78 is 0.736. The number of carbonyl (C=O) groups is 2. The van der Waals surface area contributed by atoms with Gasteiger partial charge < -0.3 is 15.5 Å². The van der Waals surface area contributed by atoms with Crippen LogP contribution in [0.4, 0.5) is 9.93 Å². The molecule has 9 heteroatoms. The van der Waals surface area contributed by atoms with Gasteiger partial charge in [-0.15, -0.1) is 0 Å². The van der Waals surface area contributed by atoms with E-state index in [-0.39, 0.29) is 0 Å². The number of aliphatic carboxylic acids is 1. The normalized spacial score (nSPS) is 11.9. The van der Waals surface area contributed by atoms with E-state index in [1.54, 1.807) is 0 Å². The van der Waals surface area contributed by atoms with Crippen molar-refractivity contribution in [1.29, 1.82) is 0 Å². The Morgan fingerprint density at radius 3 is 2.75 bits per heavy atom. The molecule has 0 fully saturated rings. The number of nitrogens with zero attached hydrogens (tertiary/aromatic N) is 1. The highest BCUT2D eigenvalue weighted by Gasteiger charge is 2.18. The molecule has 16 heavy (non-hydrogen) atoms. The molecule has 0 spiro atoms. The van der Waals surface area contributed by atoms with Gasteiger partial charge in [0.05, 0.1) is 16.6 Å². The van der Waals surface area contributed by atoms with E-state index in [2.05, 4.69) is 31.5 Å². The summed E-state index contributed by atoms with van der Waals surface area (Å²) in [7, 11) is 0. The summed E-state index contributed by atoms with van der Waals surface area (Å²) in [4.78, 5) is 25.6. The van der Waals surface area contributed by atoms with E-state index in [1.807, 2.05) is 0 Å². The number of aliphatic hydroxyl groups excluding tert-OH is 1. The van der Waals surface area contributed by atoms with E-state index in [1.165, 1.54) is 17.5 Å². The number of carboxylic acid groups (broad SMARTS) is 1. The molecule has 4 N–H and O–H groups in total. The zero-order valence-corrected chi connectivity index (χ0v) is 10.2. The number of amides is 2. The van der Waals surface area contributed by atoms with Gasteiger partial charge in [-0.3, -0.25) is 5.32 Å². The summed E-state index contributed by atoms with van der Waals surface area (Å²) in [5.74, 6) is -1.31. The van der Waals surface area contributed by atoms with Gasteiger partial charge in [-0.2, -0.15) is 0 Å². The highest BCUT2D eigenvalue weighted by Crippen LogP contribution is 2.22. The molecule has 1 aromatic rings. The number of aromatic nitrogens is 1. The Labute approximate surface area is 103 Å². The number of hydrogen-bond donors (Lipinski definition) is 4. The lowest BCUT2D eigenvalue weighted by atomic mass is 10.3. The minimum Gasteiger partial charge on any atom is -0.480 e. The first-order chi connectivity index (χ1) is 7.52. The zero-order chi connectivity index (χ0) is 12.1. The lowest BCUT2D eigenvalue weighted by molar-refractivity contribution is -0.140. The van der Waals surface area contributed by atoms with Crippen LogP contribution in [-0.2, 0) is 4.79 Å². The first-order valence-corrected chi connectivity index (χ1v) is 5.66. The van der Waals surface area contributed by atoms with Gasteiger partial charge in [0.1, 0.15) is 0 Å². The Morgan fingerprint density at radius 2 is 2.31 bits per heavy atom. The lowest BCUT2D eigenvalue weighted by Crippen LogP contribution is -2.45. The molecule has 88 valence electrons. The van der Waals surface area contributed by atoms with Crippen molar-refractivity contribution >= 4 is 44.4 Å². The fraction of sp³-hybridized carbons (Fsp3) is 0.286. The minimum atomic E-state index is -1.33. The van der Waals surface area contributed by atoms with Gasteiger partial charge in [-0.1, -0.05) is 11.3 Å². The Kier molecular flexibility index (Phi) is 4.65. The van der Waals surface area contributed by atoms with Gasteiger partial charge >= 0.3 is 12.0 Å². The fourth-order valence-electron chi connectivity index (χ4n) is 0.789. The van der Waals surface area contributed by atoms with Gasteiger partial charge in [0, 0.05) is 0 Å². The van der Waals surface area contributed by atoms with E-state index in [9.17, 15) is 9.59 Å². The second kappa shape index (κ2) is 5.77. The summed E-state index contributed by atoms with van der Waals surface area (Å²) >= 11 is 4.34. The molecule has 1 rings (SSSR count). The van der Waals surface area contributed by atoms with E-state index in [0.717, 1.165) is 3.79 Å². The van der Waals surface area contributed by atoms with Crippen LogP contribution in [0.15, 0.2) is 9.98 Å². The number of anilines is 1. The van der Waals surface area contributed by atoms with Crippen molar-refractivity contribution in [3.63, 3.8) is 0 Å². The van der Waals surface area contributed by atoms with E-state index in [4.69, 9.17) is 10.2 Å². The van der Waals surface area contributed by atoms with Crippen LogP contribution in [0, 0.1) is 0 Å². The Hall–Kier alpha value is -1.19. The van der Waals surface area contributed by atoms with Gasteiger partial charge in [0.15, 0.2) is 11.2 Å². The maximum Gasteiger partial charge on any atom is 0.328 e. The predicted octanol–water partition coefficient (Wildman–Crippen LogP) is 0.473. The van der Waals surface area contributed by atoms with Crippen LogP contribution >= 0.6 is 27.3 Å². The molecule has 0 aliphatic rings. The van der Waals surface area contributed by atoms with Crippen LogP contribution in [0.1, 0.15) is 0 Å². The van der Waals surface area contributed by atoms with Crippen LogP contribution in [0.3, 0.4) is 0 Å². The van der Waals surface area contributed by atoms with Crippen molar-refractivity contribution < 1.29 is 19.8 Å². The smallest absolute Gasteiger partial charge is 0.328 e. The molecule has 0 saturated heterocycles. The Bertz CT molecular complexity index is 397. The number of halogens is 1. The van der Waals surface area contributed by atoms with Crippen LogP contribution in [0.25, 0.3) is 0 Å². The van der Waals surface area contributed by atoms with Gasteiger partial charge in [0.25, 0.3) is 0 Å². The van der Waals surface area contributed by atoms with Crippen LogP contribution in [0.2, 0.25) is 0 Å². The Balaban J connectivity index is 2.50. The molecule has 1 atom stereocenters. The fourth-order valence-corrected chi connectivity index (χ4v) is 1.89. The largest absolute Gasteiger partial charge is 0.480 e. The highest BCUT2D eigenvalue weighted by atomic mass is 79.9. The number of thiazole rings is 1. The number of nitrogens with one attached hydrogen (secondary N) is 2. The van der Waals surface area contributed by atoms with Crippen molar-refractivity contribution in [1.82, 2.24) is 10.3 Å². The third-order valence-corrected chi connectivity index (χ3v) is 2.88. The molecule has 1 heterocycles. The molecule has 7 nitrogen and oxygen atoms in total. The first-order valence-electron chi connectivity index (χ1n) is 4.05. The van der Waals surface area contributed by atoms with Crippen molar-refractivity contribution in [2.24, 2.45) is 0 Å². The second-order valence-electron chi connectivity index (χ2n) is 2.64. The van der Waals surface area contributed by atoms with E-state index < -0.39 is 24.6 Å². The maximum absolute atomic E-state index is 11.3. The quantitative estimate of drug-likeness (QED) is 0.646. The average molecular weight is 310 g/mol. The van der Waals surface area contributed by atoms with Crippen LogP contribution < -0.4 is 10.6 Å². The number of hydrogen-bond acceptors (Lipinski definition) is 5. The highest BCUT2D eigenvalue weighted by molar-refractivity contribution is 9.11. The van der Waals surface area contributed by atoms with Crippen molar-refractivity contribution in [3.8, 4) is 0 Å². The molecule has 0 radical (unpaired) electrons. The number of aliphatic hydroxyl groups is 1. The van der Waals surface area contributed by atoms with E-state index >= 15 is 0 Å². The Morgan fingerprint density at radius 1 is 1.62 bits per heavy atom. The number of carbonyl (C=O) groups excluding carboxylic acids is 1. The SMILES string of the molecule is O=C(Nc1ncc(Br)s1)N[C@@H](CO)C(=O)O. The molecule has 0 saturated carbocycles. The lowest BCUT2D eigenvalue weighted by Gasteiger charge is -2.11. The molecule has 1 aromatic heterocycles. The number of rotatable bonds is 4. The van der Waals surface area contributed by atoms with Crippen molar-refractivity contribution in [3.05, 3.63) is 9.98 Å². The predicted molar refractivity (Wildman–Crippen MR) is 60.5 cm³/mol. The third kappa shape index (κ3) is 3.76. The summed E-state index contributed by atoms with van der Waals surface area (Å²) in [6.45, 7) is -0.676. The van der Waals surface area contributed by atoms with Crippen LogP contribution in [-0.4, -0.2) is 39.8 Å². The molecule has 2 amide bonds. The topological polar surface area (TPSA) is 112 Å². The molecule has 0 bridgehead atoms. The van der Waals surface area contributed by atoms with Gasteiger partial charge in [0.2, 0.25) is 0 Å². The molecule has 0 aliphatic carbocycles. The first kappa shape index (κ1) is 12.9. The standard InChI is InChI=1S/C7H8BrN3O4S/c8-4-1-9-7(16-4)11-6(15)10-3(2-12)5(13)14/h1,3,12H,2H2,(H,13,14)(H2,9,10,11,15)/t3-/m0/s1. The average Bonchev–Trinajstić information content (AvgIpc) is 2.60. The van der Waals surface area contributed by atoms with Crippen LogP contribution in [0.5, 0.6) is 0 Å². The summed E-state index contributed by atoms with van der Waals surface area (Å²) in [5, 5.41) is 22.0. The van der Waals surface area contributed by atoms with E-state index in [0.29, 0.717) is 5.13 Å².